The van der Waals surface area contributed by atoms with Crippen molar-refractivity contribution in [3.63, 3.8) is 0 Å². The summed E-state index contributed by atoms with van der Waals surface area (Å²) in [5.41, 5.74) is 5.42. The molecular formula is C35H42F2N4O2. The molecule has 0 aliphatic heterocycles. The van der Waals surface area contributed by atoms with E-state index in [4.69, 9.17) is 9.62 Å². The summed E-state index contributed by atoms with van der Waals surface area (Å²) in [5, 5.41) is 9.24. The average molecular weight is 589 g/mol. The summed E-state index contributed by atoms with van der Waals surface area (Å²) in [7, 11) is 2.11. The Labute approximate surface area is 252 Å². The summed E-state index contributed by atoms with van der Waals surface area (Å²) in [6.07, 6.45) is 11.4. The first kappa shape index (κ1) is 27.5. The molecule has 6 fully saturated rings. The highest BCUT2D eigenvalue weighted by molar-refractivity contribution is 5.95. The van der Waals surface area contributed by atoms with Crippen LogP contribution < -0.4 is 4.90 Å². The van der Waals surface area contributed by atoms with E-state index in [0.29, 0.717) is 18.4 Å². The number of anilines is 1. The highest BCUT2D eigenvalue weighted by Gasteiger charge is 2.52. The molecule has 6 saturated carbocycles. The van der Waals surface area contributed by atoms with E-state index in [1.54, 1.807) is 0 Å². The summed E-state index contributed by atoms with van der Waals surface area (Å²) in [6, 6.07) is 12.5. The molecule has 1 aromatic carbocycles. The SMILES string of the molecule is Cn1nc(C2CC2)cc1C12CCC(CN(C(=O)C3CCC(F)(F)CC3)c3cccc(-c4cc(C5CC5)on4)c3)(CC1)CC2. The maximum absolute atomic E-state index is 14.2. The molecule has 0 atom stereocenters. The van der Waals surface area contributed by atoms with Gasteiger partial charge in [-0.1, -0.05) is 17.3 Å². The van der Waals surface area contributed by atoms with E-state index < -0.39 is 5.92 Å². The van der Waals surface area contributed by atoms with Gasteiger partial charge in [-0.2, -0.15) is 5.10 Å². The van der Waals surface area contributed by atoms with Gasteiger partial charge in [-0.15, -0.1) is 0 Å². The minimum Gasteiger partial charge on any atom is -0.360 e. The number of halogens is 2. The molecule has 2 aromatic heterocycles. The number of fused-ring (bicyclic) bond motifs is 3. The first-order valence-electron chi connectivity index (χ1n) is 16.5. The van der Waals surface area contributed by atoms with Gasteiger partial charge in [0.2, 0.25) is 11.8 Å². The number of carbonyl (C=O) groups is 1. The van der Waals surface area contributed by atoms with Crippen molar-refractivity contribution in [2.45, 2.75) is 113 Å². The van der Waals surface area contributed by atoms with Crippen LogP contribution in [0.4, 0.5) is 14.5 Å². The van der Waals surface area contributed by atoms with Crippen molar-refractivity contribution >= 4 is 11.6 Å². The average Bonchev–Trinajstić information content (AvgIpc) is 3.96. The van der Waals surface area contributed by atoms with Crippen LogP contribution in [0.25, 0.3) is 11.3 Å². The first-order chi connectivity index (χ1) is 20.7. The van der Waals surface area contributed by atoms with Crippen molar-refractivity contribution in [2.75, 3.05) is 11.4 Å². The second-order valence-electron chi connectivity index (χ2n) is 14.6. The third-order valence-electron chi connectivity index (χ3n) is 11.6. The molecule has 228 valence electrons. The Kier molecular flexibility index (Phi) is 6.40. The van der Waals surface area contributed by atoms with Crippen molar-refractivity contribution in [3.05, 3.63) is 53.5 Å². The lowest BCUT2D eigenvalue weighted by Crippen LogP contribution is -2.52. The third kappa shape index (κ3) is 5.12. The zero-order chi connectivity index (χ0) is 29.4. The van der Waals surface area contributed by atoms with Crippen molar-refractivity contribution < 1.29 is 18.1 Å². The lowest BCUT2D eigenvalue weighted by Gasteiger charge is -2.54. The second-order valence-corrected chi connectivity index (χ2v) is 14.6. The molecule has 0 unspecified atom stereocenters. The van der Waals surface area contributed by atoms with Crippen molar-refractivity contribution in [3.8, 4) is 11.3 Å². The smallest absolute Gasteiger partial charge is 0.248 e. The van der Waals surface area contributed by atoms with Gasteiger partial charge in [-0.25, -0.2) is 8.78 Å². The Morgan fingerprint density at radius 1 is 0.930 bits per heavy atom. The Morgan fingerprint density at radius 3 is 2.30 bits per heavy atom. The normalized spacial score (nSPS) is 28.7. The minimum atomic E-state index is -2.66. The molecule has 6 nitrogen and oxygen atoms in total. The highest BCUT2D eigenvalue weighted by Crippen LogP contribution is 2.59. The predicted octanol–water partition coefficient (Wildman–Crippen LogP) is 8.28. The Hall–Kier alpha value is -3.03. The Bertz CT molecular complexity index is 1500. The zero-order valence-electron chi connectivity index (χ0n) is 25.2. The first-order valence-corrected chi connectivity index (χ1v) is 16.5. The van der Waals surface area contributed by atoms with Crippen molar-refractivity contribution in [1.29, 1.82) is 0 Å². The molecule has 0 spiro atoms. The number of hydrogen-bond donors (Lipinski definition) is 0. The fraction of sp³-hybridized carbons (Fsp3) is 0.629. The van der Waals surface area contributed by atoms with Crippen LogP contribution in [0.2, 0.25) is 0 Å². The molecule has 0 N–H and O–H groups in total. The van der Waals surface area contributed by atoms with Gasteiger partial charge in [0, 0.05) is 72.6 Å². The summed E-state index contributed by atoms with van der Waals surface area (Å²) in [4.78, 5) is 16.2. The fourth-order valence-electron chi connectivity index (χ4n) is 8.41. The van der Waals surface area contributed by atoms with E-state index in [2.05, 4.69) is 23.0 Å². The van der Waals surface area contributed by atoms with Gasteiger partial charge in [-0.3, -0.25) is 9.48 Å². The monoisotopic (exact) mass is 588 g/mol. The molecule has 0 radical (unpaired) electrons. The van der Waals surface area contributed by atoms with Crippen LogP contribution in [-0.4, -0.2) is 33.3 Å². The van der Waals surface area contributed by atoms with Crippen LogP contribution in [-0.2, 0) is 17.3 Å². The molecule has 1 amide bonds. The van der Waals surface area contributed by atoms with E-state index in [1.807, 2.05) is 35.2 Å². The quantitative estimate of drug-likeness (QED) is 0.266. The minimum absolute atomic E-state index is 0.00367. The maximum Gasteiger partial charge on any atom is 0.248 e. The molecule has 6 aliphatic carbocycles. The van der Waals surface area contributed by atoms with E-state index in [9.17, 15) is 13.6 Å². The molecule has 8 heteroatoms. The number of rotatable bonds is 8. The van der Waals surface area contributed by atoms with Gasteiger partial charge < -0.3 is 9.42 Å². The standard InChI is InChI=1S/C35H42F2N4O2/c1-40-31(21-28(38-40)23-5-6-23)34-16-13-33(14-17-34,15-18-34)22-41(32(42)25-9-11-35(36,37)12-10-25)27-4-2-3-26(19-27)29-20-30(43-39-29)24-7-8-24/h2-4,19-21,23-25H,5-18,22H2,1H3. The number of alkyl halides is 2. The molecule has 3 aromatic rings. The largest absolute Gasteiger partial charge is 0.360 e. The van der Waals surface area contributed by atoms with E-state index >= 15 is 0 Å². The molecular weight excluding hydrogens is 546 g/mol. The number of amides is 1. The third-order valence-corrected chi connectivity index (χ3v) is 11.6. The van der Waals surface area contributed by atoms with Crippen molar-refractivity contribution in [2.24, 2.45) is 18.4 Å². The highest BCUT2D eigenvalue weighted by atomic mass is 19.3. The van der Waals surface area contributed by atoms with Gasteiger partial charge in [0.25, 0.3) is 0 Å². The number of aromatic nitrogens is 3. The zero-order valence-corrected chi connectivity index (χ0v) is 25.2. The molecule has 9 rings (SSSR count). The summed E-state index contributed by atoms with van der Waals surface area (Å²) in [5.74, 6) is -0.967. The lowest BCUT2D eigenvalue weighted by molar-refractivity contribution is -0.127. The maximum atomic E-state index is 14.2. The second kappa shape index (κ2) is 10.00. The Balaban J connectivity index is 1.06. The van der Waals surface area contributed by atoms with Gasteiger partial charge >= 0.3 is 0 Å². The molecule has 2 bridgehead atoms. The topological polar surface area (TPSA) is 64.2 Å². The van der Waals surface area contributed by atoms with Crippen LogP contribution in [0, 0.1) is 11.3 Å². The summed E-state index contributed by atoms with van der Waals surface area (Å²) in [6.45, 7) is 0.642. The van der Waals surface area contributed by atoms with E-state index in [0.717, 1.165) is 74.1 Å². The van der Waals surface area contributed by atoms with Crippen LogP contribution in [0.15, 0.2) is 40.9 Å². The van der Waals surface area contributed by atoms with Gasteiger partial charge in [0.1, 0.15) is 11.5 Å². The molecule has 43 heavy (non-hydrogen) atoms. The Morgan fingerprint density at radius 2 is 1.63 bits per heavy atom. The number of aryl methyl sites for hydroxylation is 1. The molecule has 0 saturated heterocycles. The van der Waals surface area contributed by atoms with Crippen LogP contribution in [0.1, 0.15) is 119 Å². The van der Waals surface area contributed by atoms with Gasteiger partial charge in [0.15, 0.2) is 0 Å². The van der Waals surface area contributed by atoms with Gasteiger partial charge in [-0.05, 0) is 101 Å². The summed E-state index contributed by atoms with van der Waals surface area (Å²) >= 11 is 0. The van der Waals surface area contributed by atoms with E-state index in [-0.39, 0.29) is 48.3 Å². The van der Waals surface area contributed by atoms with Crippen molar-refractivity contribution in [1.82, 2.24) is 14.9 Å². The lowest BCUT2D eigenvalue weighted by atomic mass is 9.52. The van der Waals surface area contributed by atoms with Gasteiger partial charge in [0.05, 0.1) is 5.69 Å². The number of benzene rings is 1. The number of nitrogens with zero attached hydrogens (tertiary/aromatic N) is 4. The molecule has 2 heterocycles. The predicted molar refractivity (Wildman–Crippen MR) is 160 cm³/mol. The number of hydrogen-bond acceptors (Lipinski definition) is 4. The van der Waals surface area contributed by atoms with Crippen LogP contribution in [0.5, 0.6) is 0 Å². The number of carbonyl (C=O) groups excluding carboxylic acids is 1. The van der Waals surface area contributed by atoms with Crippen LogP contribution in [0.3, 0.4) is 0 Å². The van der Waals surface area contributed by atoms with E-state index in [1.165, 1.54) is 24.2 Å². The fourth-order valence-corrected chi connectivity index (χ4v) is 8.41. The molecule has 6 aliphatic rings. The van der Waals surface area contributed by atoms with Crippen LogP contribution >= 0.6 is 0 Å². The summed E-state index contributed by atoms with van der Waals surface area (Å²) < 4.78 is 35.9.